The van der Waals surface area contributed by atoms with E-state index in [-0.39, 0.29) is 30.0 Å². The molecule has 1 fully saturated rings. The molecule has 0 unspecified atom stereocenters. The first-order chi connectivity index (χ1) is 8.56. The van der Waals surface area contributed by atoms with Crippen LogP contribution in [0.2, 0.25) is 0 Å². The predicted molar refractivity (Wildman–Crippen MR) is 62.2 cm³/mol. The van der Waals surface area contributed by atoms with Gasteiger partial charge in [0, 0.05) is 6.07 Å². The van der Waals surface area contributed by atoms with Gasteiger partial charge in [-0.3, -0.25) is 4.79 Å². The fourth-order valence-corrected chi connectivity index (χ4v) is 1.72. The van der Waals surface area contributed by atoms with Crippen LogP contribution in [0.5, 0.6) is 5.75 Å². The molecule has 0 atom stereocenters. The number of halogens is 1. The summed E-state index contributed by atoms with van der Waals surface area (Å²) in [5.41, 5.74) is -0.332. The van der Waals surface area contributed by atoms with Crippen LogP contribution in [-0.4, -0.2) is 37.3 Å². The first-order valence-corrected chi connectivity index (χ1v) is 5.68. The molecule has 1 aromatic carbocycles. The van der Waals surface area contributed by atoms with Crippen LogP contribution in [0.15, 0.2) is 18.2 Å². The molecule has 0 saturated carbocycles. The highest BCUT2D eigenvalue weighted by Gasteiger charge is 2.39. The van der Waals surface area contributed by atoms with Crippen LogP contribution >= 0.6 is 0 Å². The van der Waals surface area contributed by atoms with Gasteiger partial charge in [0.2, 0.25) is 0 Å². The van der Waals surface area contributed by atoms with Gasteiger partial charge in [-0.25, -0.2) is 4.39 Å². The van der Waals surface area contributed by atoms with Crippen molar-refractivity contribution in [1.82, 2.24) is 0 Å². The highest BCUT2D eigenvalue weighted by molar-refractivity contribution is 5.94. The smallest absolute Gasteiger partial charge is 0.162 e. The Morgan fingerprint density at radius 1 is 1.56 bits per heavy atom. The van der Waals surface area contributed by atoms with E-state index in [0.717, 1.165) is 0 Å². The Morgan fingerprint density at radius 2 is 2.28 bits per heavy atom. The van der Waals surface area contributed by atoms with Gasteiger partial charge in [0.15, 0.2) is 5.78 Å². The van der Waals surface area contributed by atoms with Crippen molar-refractivity contribution < 1.29 is 23.8 Å². The highest BCUT2D eigenvalue weighted by Crippen LogP contribution is 2.28. The Kier molecular flexibility index (Phi) is 3.63. The van der Waals surface area contributed by atoms with Crippen LogP contribution in [0.25, 0.3) is 0 Å². The number of benzene rings is 1. The van der Waals surface area contributed by atoms with E-state index in [2.05, 4.69) is 0 Å². The number of ketones is 1. The van der Waals surface area contributed by atoms with Crippen molar-refractivity contribution in [3.05, 3.63) is 29.6 Å². The number of carbonyl (C=O) groups is 1. The van der Waals surface area contributed by atoms with Crippen LogP contribution in [-0.2, 0) is 4.74 Å². The minimum Gasteiger partial charge on any atom is -0.493 e. The van der Waals surface area contributed by atoms with Crippen LogP contribution in [0.1, 0.15) is 17.3 Å². The van der Waals surface area contributed by atoms with E-state index in [1.165, 1.54) is 19.1 Å². The van der Waals surface area contributed by atoms with Gasteiger partial charge in [0.25, 0.3) is 0 Å². The summed E-state index contributed by atoms with van der Waals surface area (Å²) >= 11 is 0. The van der Waals surface area contributed by atoms with Crippen molar-refractivity contribution in [1.29, 1.82) is 0 Å². The second-order valence-electron chi connectivity index (χ2n) is 4.64. The van der Waals surface area contributed by atoms with E-state index >= 15 is 0 Å². The SMILES string of the molecule is CC(=O)c1ccc(OCC2(CO)COC2)cc1F. The van der Waals surface area contributed by atoms with E-state index in [9.17, 15) is 14.3 Å². The Bertz CT molecular complexity index is 449. The van der Waals surface area contributed by atoms with Gasteiger partial charge in [-0.2, -0.15) is 0 Å². The molecule has 1 N–H and O–H groups in total. The van der Waals surface area contributed by atoms with Crippen molar-refractivity contribution in [2.75, 3.05) is 26.4 Å². The molecule has 0 radical (unpaired) electrons. The standard InChI is InChI=1S/C13H15FO4/c1-9(16)11-3-2-10(4-12(11)14)18-8-13(5-15)6-17-7-13/h2-4,15H,5-8H2,1H3. The number of hydrogen-bond acceptors (Lipinski definition) is 4. The van der Waals surface area contributed by atoms with Crippen LogP contribution < -0.4 is 4.74 Å². The van der Waals surface area contributed by atoms with Crippen LogP contribution in [0.4, 0.5) is 4.39 Å². The molecule has 4 nitrogen and oxygen atoms in total. The molecular weight excluding hydrogens is 239 g/mol. The molecule has 98 valence electrons. The topological polar surface area (TPSA) is 55.8 Å². The Morgan fingerprint density at radius 3 is 2.72 bits per heavy atom. The zero-order valence-electron chi connectivity index (χ0n) is 10.1. The van der Waals surface area contributed by atoms with Crippen molar-refractivity contribution >= 4 is 5.78 Å². The second-order valence-corrected chi connectivity index (χ2v) is 4.64. The van der Waals surface area contributed by atoms with E-state index in [4.69, 9.17) is 9.47 Å². The molecule has 1 saturated heterocycles. The van der Waals surface area contributed by atoms with Crippen molar-refractivity contribution in [3.8, 4) is 5.75 Å². The zero-order chi connectivity index (χ0) is 13.2. The molecular formula is C13H15FO4. The lowest BCUT2D eigenvalue weighted by Gasteiger charge is -2.39. The summed E-state index contributed by atoms with van der Waals surface area (Å²) in [6, 6.07) is 4.13. The molecule has 1 aromatic rings. The Labute approximate surface area is 104 Å². The molecule has 0 bridgehead atoms. The molecule has 0 amide bonds. The van der Waals surface area contributed by atoms with Crippen molar-refractivity contribution in [2.24, 2.45) is 5.41 Å². The van der Waals surface area contributed by atoms with Crippen molar-refractivity contribution in [2.45, 2.75) is 6.92 Å². The minimum atomic E-state index is -0.595. The normalized spacial score (nSPS) is 17.1. The molecule has 1 heterocycles. The fraction of sp³-hybridized carbons (Fsp3) is 0.462. The van der Waals surface area contributed by atoms with E-state index in [1.54, 1.807) is 6.07 Å². The number of rotatable bonds is 5. The zero-order valence-corrected chi connectivity index (χ0v) is 10.1. The maximum Gasteiger partial charge on any atom is 0.162 e. The Balaban J connectivity index is 2.02. The number of hydrogen-bond donors (Lipinski definition) is 1. The number of carbonyl (C=O) groups excluding carboxylic acids is 1. The van der Waals surface area contributed by atoms with Gasteiger partial charge < -0.3 is 14.6 Å². The third-order valence-electron chi connectivity index (χ3n) is 3.02. The number of ether oxygens (including phenoxy) is 2. The summed E-state index contributed by atoms with van der Waals surface area (Å²) in [5, 5.41) is 9.21. The third-order valence-corrected chi connectivity index (χ3v) is 3.02. The molecule has 0 aliphatic carbocycles. The summed E-state index contributed by atoms with van der Waals surface area (Å²) in [6.45, 7) is 2.43. The van der Waals surface area contributed by atoms with Gasteiger partial charge in [-0.05, 0) is 19.1 Å². The lowest BCUT2D eigenvalue weighted by Crippen LogP contribution is -2.49. The van der Waals surface area contributed by atoms with Crippen LogP contribution in [0, 0.1) is 11.2 Å². The van der Waals surface area contributed by atoms with Crippen molar-refractivity contribution in [3.63, 3.8) is 0 Å². The summed E-state index contributed by atoms with van der Waals surface area (Å²) in [5.74, 6) is -0.571. The maximum absolute atomic E-state index is 13.5. The quantitative estimate of drug-likeness (QED) is 0.807. The van der Waals surface area contributed by atoms with Crippen LogP contribution in [0.3, 0.4) is 0 Å². The van der Waals surface area contributed by atoms with Gasteiger partial charge in [0.1, 0.15) is 18.2 Å². The first-order valence-electron chi connectivity index (χ1n) is 5.68. The third kappa shape index (κ3) is 2.52. The molecule has 5 heteroatoms. The fourth-order valence-electron chi connectivity index (χ4n) is 1.72. The number of aliphatic hydroxyl groups is 1. The minimum absolute atomic E-state index is 0.0268. The first kappa shape index (κ1) is 13.0. The van der Waals surface area contributed by atoms with Gasteiger partial charge in [-0.1, -0.05) is 0 Å². The molecule has 2 rings (SSSR count). The number of aliphatic hydroxyl groups excluding tert-OH is 1. The Hall–Kier alpha value is -1.46. The largest absolute Gasteiger partial charge is 0.493 e. The lowest BCUT2D eigenvalue weighted by molar-refractivity contribution is -0.153. The summed E-state index contributed by atoms with van der Waals surface area (Å²) in [7, 11) is 0. The monoisotopic (exact) mass is 254 g/mol. The van der Waals surface area contributed by atoms with E-state index in [1.807, 2.05) is 0 Å². The van der Waals surface area contributed by atoms with E-state index in [0.29, 0.717) is 19.0 Å². The molecule has 18 heavy (non-hydrogen) atoms. The van der Waals surface area contributed by atoms with E-state index < -0.39 is 5.82 Å². The average molecular weight is 254 g/mol. The summed E-state index contributed by atoms with van der Waals surface area (Å²) in [6.07, 6.45) is 0. The predicted octanol–water partition coefficient (Wildman–Crippen LogP) is 1.42. The number of Topliss-reactive ketones (excluding diaryl/α,β-unsaturated/α-hetero) is 1. The molecule has 1 aliphatic heterocycles. The maximum atomic E-state index is 13.5. The lowest BCUT2D eigenvalue weighted by atomic mass is 9.88. The second kappa shape index (κ2) is 5.04. The molecule has 0 aromatic heterocycles. The van der Waals surface area contributed by atoms with Gasteiger partial charge in [0.05, 0.1) is 30.8 Å². The highest BCUT2D eigenvalue weighted by atomic mass is 19.1. The summed E-state index contributed by atoms with van der Waals surface area (Å²) in [4.78, 5) is 11.1. The van der Waals surface area contributed by atoms with Gasteiger partial charge >= 0.3 is 0 Å². The molecule has 1 aliphatic rings. The van der Waals surface area contributed by atoms with Gasteiger partial charge in [-0.15, -0.1) is 0 Å². The molecule has 0 spiro atoms. The average Bonchev–Trinajstić information content (AvgIpc) is 2.27. The summed E-state index contributed by atoms with van der Waals surface area (Å²) < 4.78 is 24.0.